The second kappa shape index (κ2) is 11.0. The Kier molecular flexibility index (Phi) is 7.61. The number of hydrogen-bond acceptors (Lipinski definition) is 5. The Balaban J connectivity index is 1.11. The molecule has 7 nitrogen and oxygen atoms in total. The fourth-order valence-electron chi connectivity index (χ4n) is 4.11. The van der Waals surface area contributed by atoms with E-state index in [1.165, 1.54) is 5.56 Å². The van der Waals surface area contributed by atoms with Crippen molar-refractivity contribution in [2.24, 2.45) is 0 Å². The third-order valence-corrected chi connectivity index (χ3v) is 6.15. The molecule has 1 amide bonds. The number of aromatic nitrogens is 4. The van der Waals surface area contributed by atoms with Crippen molar-refractivity contribution in [3.63, 3.8) is 0 Å². The summed E-state index contributed by atoms with van der Waals surface area (Å²) >= 11 is 0. The summed E-state index contributed by atoms with van der Waals surface area (Å²) in [5.41, 5.74) is 3.32. The Morgan fingerprint density at radius 1 is 0.875 bits per heavy atom. The fourth-order valence-corrected chi connectivity index (χ4v) is 4.11. The predicted octanol–water partition coefficient (Wildman–Crippen LogP) is 3.21. The van der Waals surface area contributed by atoms with Gasteiger partial charge in [-0.3, -0.25) is 9.69 Å². The molecule has 32 heavy (non-hydrogen) atoms. The van der Waals surface area contributed by atoms with Crippen LogP contribution in [0.1, 0.15) is 30.4 Å². The molecule has 0 N–H and O–H groups in total. The number of rotatable bonds is 9. The van der Waals surface area contributed by atoms with E-state index < -0.39 is 0 Å². The molecule has 1 aliphatic heterocycles. The first-order chi connectivity index (χ1) is 15.7. The molecular formula is C25H32N6O. The molecule has 1 aromatic heterocycles. The van der Waals surface area contributed by atoms with E-state index in [1.54, 1.807) is 4.80 Å². The first-order valence-corrected chi connectivity index (χ1v) is 11.6. The maximum Gasteiger partial charge on any atom is 0.227 e. The number of piperazine rings is 1. The normalized spacial score (nSPS) is 14.6. The highest BCUT2D eigenvalue weighted by atomic mass is 16.2. The van der Waals surface area contributed by atoms with E-state index in [-0.39, 0.29) is 5.91 Å². The van der Waals surface area contributed by atoms with E-state index in [9.17, 15) is 4.79 Å². The Labute approximate surface area is 190 Å². The summed E-state index contributed by atoms with van der Waals surface area (Å²) in [5.74, 6) is 0.926. The van der Waals surface area contributed by atoms with Crippen LogP contribution in [-0.4, -0.2) is 68.6 Å². The monoisotopic (exact) mass is 432 g/mol. The summed E-state index contributed by atoms with van der Waals surface area (Å²) in [6, 6.07) is 18.1. The van der Waals surface area contributed by atoms with E-state index in [4.69, 9.17) is 0 Å². The first-order valence-electron chi connectivity index (χ1n) is 11.6. The maximum atomic E-state index is 12.6. The molecule has 3 aromatic rings. The van der Waals surface area contributed by atoms with Gasteiger partial charge in [0.15, 0.2) is 0 Å². The Bertz CT molecular complexity index is 994. The Morgan fingerprint density at radius 2 is 1.59 bits per heavy atom. The van der Waals surface area contributed by atoms with Crippen LogP contribution < -0.4 is 0 Å². The zero-order valence-corrected chi connectivity index (χ0v) is 18.9. The lowest BCUT2D eigenvalue weighted by Crippen LogP contribution is -2.49. The van der Waals surface area contributed by atoms with E-state index >= 15 is 0 Å². The molecular weight excluding hydrogens is 400 g/mol. The van der Waals surface area contributed by atoms with Gasteiger partial charge >= 0.3 is 0 Å². The van der Waals surface area contributed by atoms with E-state index in [2.05, 4.69) is 39.4 Å². The fraction of sp³-hybridized carbons (Fsp3) is 0.440. The molecule has 2 aromatic carbocycles. The quantitative estimate of drug-likeness (QED) is 0.486. The van der Waals surface area contributed by atoms with Gasteiger partial charge in [-0.05, 0) is 42.7 Å². The average Bonchev–Trinajstić information content (AvgIpc) is 3.30. The minimum absolute atomic E-state index is 0.245. The minimum Gasteiger partial charge on any atom is -0.340 e. The van der Waals surface area contributed by atoms with Crippen LogP contribution in [-0.2, 0) is 17.8 Å². The number of aryl methyl sites for hydroxylation is 2. The molecule has 7 heteroatoms. The SMILES string of the molecule is Cc1ccccc1CC(=O)N1CCN(CCCCCn2nnc(-c3ccccc3)n2)CC1. The molecule has 4 rings (SSSR count). The number of nitrogens with zero attached hydrogens (tertiary/aromatic N) is 6. The number of benzene rings is 2. The second-order valence-electron chi connectivity index (χ2n) is 8.46. The number of unbranched alkanes of at least 4 members (excludes halogenated alkanes) is 2. The molecule has 0 bridgehead atoms. The zero-order chi connectivity index (χ0) is 22.2. The highest BCUT2D eigenvalue weighted by molar-refractivity contribution is 5.79. The van der Waals surface area contributed by atoms with Crippen molar-refractivity contribution in [2.45, 2.75) is 39.2 Å². The largest absolute Gasteiger partial charge is 0.340 e. The first kappa shape index (κ1) is 22.1. The van der Waals surface area contributed by atoms with E-state index in [1.807, 2.05) is 47.4 Å². The minimum atomic E-state index is 0.245. The van der Waals surface area contributed by atoms with Crippen molar-refractivity contribution in [1.29, 1.82) is 0 Å². The lowest BCUT2D eigenvalue weighted by molar-refractivity contribution is -0.132. The summed E-state index contributed by atoms with van der Waals surface area (Å²) in [6.07, 6.45) is 3.83. The van der Waals surface area contributed by atoms with Crippen LogP contribution in [0, 0.1) is 6.92 Å². The maximum absolute atomic E-state index is 12.6. The van der Waals surface area contributed by atoms with Gasteiger partial charge in [-0.1, -0.05) is 61.0 Å². The molecule has 0 saturated carbocycles. The zero-order valence-electron chi connectivity index (χ0n) is 18.9. The molecule has 0 aliphatic carbocycles. The van der Waals surface area contributed by atoms with Gasteiger partial charge in [0.25, 0.3) is 0 Å². The molecule has 2 heterocycles. The average molecular weight is 433 g/mol. The van der Waals surface area contributed by atoms with Crippen LogP contribution in [0.2, 0.25) is 0 Å². The summed E-state index contributed by atoms with van der Waals surface area (Å²) in [6.45, 7) is 7.53. The van der Waals surface area contributed by atoms with Crippen LogP contribution >= 0.6 is 0 Å². The third-order valence-electron chi connectivity index (χ3n) is 6.15. The van der Waals surface area contributed by atoms with Crippen LogP contribution in [0.25, 0.3) is 11.4 Å². The molecule has 0 radical (unpaired) electrons. The summed E-state index contributed by atoms with van der Waals surface area (Å²) in [4.78, 5) is 18.8. The summed E-state index contributed by atoms with van der Waals surface area (Å²) in [7, 11) is 0. The molecule has 0 unspecified atom stereocenters. The van der Waals surface area contributed by atoms with Gasteiger partial charge < -0.3 is 4.90 Å². The number of hydrogen-bond donors (Lipinski definition) is 0. The molecule has 1 saturated heterocycles. The number of carbonyl (C=O) groups is 1. The number of carbonyl (C=O) groups excluding carboxylic acids is 1. The lowest BCUT2D eigenvalue weighted by atomic mass is 10.1. The van der Waals surface area contributed by atoms with Gasteiger partial charge in [-0.25, -0.2) is 0 Å². The Hall–Kier alpha value is -3.06. The van der Waals surface area contributed by atoms with Gasteiger partial charge in [0.1, 0.15) is 0 Å². The van der Waals surface area contributed by atoms with Crippen LogP contribution in [0.15, 0.2) is 54.6 Å². The molecule has 168 valence electrons. The van der Waals surface area contributed by atoms with E-state index in [0.29, 0.717) is 12.2 Å². The molecule has 1 fully saturated rings. The molecule has 1 aliphatic rings. The van der Waals surface area contributed by atoms with Gasteiger partial charge in [0.05, 0.1) is 13.0 Å². The highest BCUT2D eigenvalue weighted by Crippen LogP contribution is 2.13. The van der Waals surface area contributed by atoms with Crippen molar-refractivity contribution in [1.82, 2.24) is 30.0 Å². The van der Waals surface area contributed by atoms with Gasteiger partial charge in [0, 0.05) is 31.7 Å². The van der Waals surface area contributed by atoms with Crippen molar-refractivity contribution in [2.75, 3.05) is 32.7 Å². The van der Waals surface area contributed by atoms with Crippen molar-refractivity contribution in [3.8, 4) is 11.4 Å². The van der Waals surface area contributed by atoms with Crippen molar-refractivity contribution < 1.29 is 4.79 Å². The Morgan fingerprint density at radius 3 is 2.38 bits per heavy atom. The lowest BCUT2D eigenvalue weighted by Gasteiger charge is -2.35. The van der Waals surface area contributed by atoms with Gasteiger partial charge in [-0.2, -0.15) is 4.80 Å². The summed E-state index contributed by atoms with van der Waals surface area (Å²) in [5, 5.41) is 12.8. The standard InChI is InChI=1S/C25H32N6O/c1-21-10-6-7-13-23(21)20-24(32)30-18-16-29(17-19-30)14-8-3-9-15-31-27-25(26-28-31)22-11-4-2-5-12-22/h2,4-7,10-13H,3,8-9,14-20H2,1H3. The highest BCUT2D eigenvalue weighted by Gasteiger charge is 2.21. The van der Waals surface area contributed by atoms with Crippen molar-refractivity contribution in [3.05, 3.63) is 65.7 Å². The predicted molar refractivity (Wildman–Crippen MR) is 125 cm³/mol. The van der Waals surface area contributed by atoms with Gasteiger partial charge in [0.2, 0.25) is 11.7 Å². The molecule has 0 atom stereocenters. The van der Waals surface area contributed by atoms with Crippen LogP contribution in [0.4, 0.5) is 0 Å². The second-order valence-corrected chi connectivity index (χ2v) is 8.46. The third kappa shape index (κ3) is 6.01. The van der Waals surface area contributed by atoms with Gasteiger partial charge in [-0.15, -0.1) is 10.2 Å². The topological polar surface area (TPSA) is 67.2 Å². The molecule has 0 spiro atoms. The van der Waals surface area contributed by atoms with E-state index in [0.717, 1.165) is 69.7 Å². The number of tetrazole rings is 1. The van der Waals surface area contributed by atoms with Crippen LogP contribution in [0.5, 0.6) is 0 Å². The smallest absolute Gasteiger partial charge is 0.227 e. The summed E-state index contributed by atoms with van der Waals surface area (Å²) < 4.78 is 0. The van der Waals surface area contributed by atoms with Crippen molar-refractivity contribution >= 4 is 5.91 Å². The van der Waals surface area contributed by atoms with Crippen LogP contribution in [0.3, 0.4) is 0 Å². The number of amides is 1.